The summed E-state index contributed by atoms with van der Waals surface area (Å²) in [6.45, 7) is 0.183. The van der Waals surface area contributed by atoms with E-state index in [9.17, 15) is 9.59 Å². The van der Waals surface area contributed by atoms with Gasteiger partial charge < -0.3 is 15.2 Å². The van der Waals surface area contributed by atoms with Gasteiger partial charge in [0.15, 0.2) is 0 Å². The van der Waals surface area contributed by atoms with E-state index in [4.69, 9.17) is 5.11 Å². The molecule has 1 amide bonds. The second-order valence-corrected chi connectivity index (χ2v) is 1.96. The predicted octanol–water partition coefficient (Wildman–Crippen LogP) is -0.431. The molecule has 0 unspecified atom stereocenters. The van der Waals surface area contributed by atoms with Gasteiger partial charge in [0.1, 0.15) is 6.04 Å². The summed E-state index contributed by atoms with van der Waals surface area (Å²) >= 11 is 0. The average Bonchev–Trinajstić information content (AvgIpc) is 1.88. The molecule has 0 spiro atoms. The number of hydrogen-bond donors (Lipinski definition) is 2. The first-order valence-corrected chi connectivity index (χ1v) is 2.86. The number of amides is 1. The van der Waals surface area contributed by atoms with Gasteiger partial charge >= 0.3 is 12.1 Å². The highest BCUT2D eigenvalue weighted by Gasteiger charge is 2.24. The van der Waals surface area contributed by atoms with Gasteiger partial charge in [-0.3, -0.25) is 0 Å². The molecule has 1 aliphatic rings. The molecule has 0 radical (unpaired) electrons. The lowest BCUT2D eigenvalue weighted by atomic mass is 10.2. The van der Waals surface area contributed by atoms with Crippen LogP contribution in [0.3, 0.4) is 0 Å². The Morgan fingerprint density at radius 2 is 2.50 bits per heavy atom. The van der Waals surface area contributed by atoms with E-state index >= 15 is 0 Å². The highest BCUT2D eigenvalue weighted by Crippen LogP contribution is 2.00. The van der Waals surface area contributed by atoms with Crippen molar-refractivity contribution in [3.63, 3.8) is 0 Å². The van der Waals surface area contributed by atoms with Crippen LogP contribution in [-0.2, 0) is 9.53 Å². The molecule has 10 heavy (non-hydrogen) atoms. The lowest BCUT2D eigenvalue weighted by Crippen LogP contribution is -2.45. The molecule has 0 bridgehead atoms. The molecule has 5 heteroatoms. The molecule has 0 aromatic rings. The minimum atomic E-state index is -1.02. The van der Waals surface area contributed by atoms with Crippen molar-refractivity contribution in [3.05, 3.63) is 0 Å². The third-order valence-corrected chi connectivity index (χ3v) is 1.23. The first-order chi connectivity index (χ1) is 4.70. The Kier molecular flexibility index (Phi) is 1.75. The number of ether oxygens (including phenoxy) is 1. The van der Waals surface area contributed by atoms with Crippen LogP contribution in [0.1, 0.15) is 6.42 Å². The van der Waals surface area contributed by atoms with E-state index in [-0.39, 0.29) is 6.61 Å². The predicted molar refractivity (Wildman–Crippen MR) is 30.5 cm³/mol. The number of carbonyl (C=O) groups excluding carboxylic acids is 1. The summed E-state index contributed by atoms with van der Waals surface area (Å²) in [4.78, 5) is 20.6. The van der Waals surface area contributed by atoms with Gasteiger partial charge in [0.05, 0.1) is 6.61 Å². The number of carboxylic acid groups (broad SMARTS) is 1. The fourth-order valence-electron chi connectivity index (χ4n) is 0.711. The second-order valence-electron chi connectivity index (χ2n) is 1.96. The zero-order valence-corrected chi connectivity index (χ0v) is 5.16. The zero-order valence-electron chi connectivity index (χ0n) is 5.16. The maximum absolute atomic E-state index is 10.4. The summed E-state index contributed by atoms with van der Waals surface area (Å²) in [5.41, 5.74) is 0. The Hall–Kier alpha value is -1.26. The summed E-state index contributed by atoms with van der Waals surface area (Å²) in [6, 6.07) is -0.777. The summed E-state index contributed by atoms with van der Waals surface area (Å²) in [6.07, 6.45) is -0.320. The van der Waals surface area contributed by atoms with E-state index in [1.807, 2.05) is 0 Å². The van der Waals surface area contributed by atoms with Crippen molar-refractivity contribution in [2.24, 2.45) is 0 Å². The molecule has 5 nitrogen and oxygen atoms in total. The fourth-order valence-corrected chi connectivity index (χ4v) is 0.711. The Balaban J connectivity index is 2.47. The summed E-state index contributed by atoms with van der Waals surface area (Å²) in [5, 5.41) is 10.5. The van der Waals surface area contributed by atoms with Gasteiger partial charge in [0.25, 0.3) is 0 Å². The van der Waals surface area contributed by atoms with E-state index in [0.717, 1.165) is 0 Å². The Labute approximate surface area is 57.0 Å². The summed E-state index contributed by atoms with van der Waals surface area (Å²) in [7, 11) is 0. The van der Waals surface area contributed by atoms with Crippen molar-refractivity contribution in [3.8, 4) is 0 Å². The third-order valence-electron chi connectivity index (χ3n) is 1.23. The maximum atomic E-state index is 10.4. The standard InChI is InChI=1S/C5H7NO4/c7-4(8)3-1-2-10-5(9)6-3/h3H,1-2H2,(H,6,9)(H,7,8)/t3-/m1/s1. The molecule has 1 fully saturated rings. The van der Waals surface area contributed by atoms with Gasteiger partial charge in [-0.05, 0) is 0 Å². The van der Waals surface area contributed by atoms with Crippen LogP contribution in [0.15, 0.2) is 0 Å². The van der Waals surface area contributed by atoms with Crippen molar-refractivity contribution in [1.82, 2.24) is 5.32 Å². The van der Waals surface area contributed by atoms with E-state index in [1.54, 1.807) is 0 Å². The van der Waals surface area contributed by atoms with Crippen LogP contribution in [0.5, 0.6) is 0 Å². The molecule has 0 saturated carbocycles. The van der Waals surface area contributed by atoms with E-state index < -0.39 is 18.1 Å². The van der Waals surface area contributed by atoms with Crippen molar-refractivity contribution in [1.29, 1.82) is 0 Å². The normalized spacial score (nSPS) is 24.8. The molecule has 1 heterocycles. The van der Waals surface area contributed by atoms with Gasteiger partial charge in [0, 0.05) is 6.42 Å². The van der Waals surface area contributed by atoms with Gasteiger partial charge in [-0.15, -0.1) is 0 Å². The Bertz CT molecular complexity index is 165. The quantitative estimate of drug-likeness (QED) is 0.525. The first-order valence-electron chi connectivity index (χ1n) is 2.86. The maximum Gasteiger partial charge on any atom is 0.407 e. The molecular weight excluding hydrogens is 138 g/mol. The van der Waals surface area contributed by atoms with Crippen molar-refractivity contribution >= 4 is 12.1 Å². The SMILES string of the molecule is O=C1N[C@@H](C(=O)O)CCO1. The van der Waals surface area contributed by atoms with E-state index in [2.05, 4.69) is 10.1 Å². The number of hydrogen-bond acceptors (Lipinski definition) is 3. The molecule has 1 saturated heterocycles. The molecule has 0 aromatic heterocycles. The lowest BCUT2D eigenvalue weighted by molar-refractivity contribution is -0.140. The van der Waals surface area contributed by atoms with Crippen LogP contribution < -0.4 is 5.32 Å². The molecule has 2 N–H and O–H groups in total. The average molecular weight is 145 g/mol. The molecular formula is C5H7NO4. The summed E-state index contributed by atoms with van der Waals surface area (Å²) < 4.78 is 4.44. The van der Waals surface area contributed by atoms with Crippen LogP contribution in [0.25, 0.3) is 0 Å². The van der Waals surface area contributed by atoms with Gasteiger partial charge in [-0.1, -0.05) is 0 Å². The number of carboxylic acids is 1. The molecule has 1 rings (SSSR count). The number of carbonyl (C=O) groups is 2. The van der Waals surface area contributed by atoms with Crippen LogP contribution >= 0.6 is 0 Å². The van der Waals surface area contributed by atoms with Crippen molar-refractivity contribution < 1.29 is 19.4 Å². The smallest absolute Gasteiger partial charge is 0.407 e. The Morgan fingerprint density at radius 3 is 2.90 bits per heavy atom. The lowest BCUT2D eigenvalue weighted by Gasteiger charge is -2.19. The zero-order chi connectivity index (χ0) is 7.56. The number of alkyl carbamates (subject to hydrolysis) is 1. The molecule has 1 atom stereocenters. The van der Waals surface area contributed by atoms with Crippen molar-refractivity contribution in [2.75, 3.05) is 6.61 Å². The highest BCUT2D eigenvalue weighted by atomic mass is 16.6. The third kappa shape index (κ3) is 1.37. The number of aliphatic carboxylic acids is 1. The number of nitrogens with one attached hydrogen (secondary N) is 1. The van der Waals surface area contributed by atoms with Gasteiger partial charge in [-0.2, -0.15) is 0 Å². The van der Waals surface area contributed by atoms with E-state index in [1.165, 1.54) is 0 Å². The molecule has 1 aliphatic heterocycles. The Morgan fingerprint density at radius 1 is 1.80 bits per heavy atom. The number of rotatable bonds is 1. The van der Waals surface area contributed by atoms with Crippen LogP contribution in [0, 0.1) is 0 Å². The molecule has 56 valence electrons. The van der Waals surface area contributed by atoms with Crippen LogP contribution in [0.4, 0.5) is 4.79 Å². The minimum Gasteiger partial charge on any atom is -0.480 e. The van der Waals surface area contributed by atoms with Crippen molar-refractivity contribution in [2.45, 2.75) is 12.5 Å². The largest absolute Gasteiger partial charge is 0.480 e. The molecule has 0 aromatic carbocycles. The monoisotopic (exact) mass is 145 g/mol. The minimum absolute atomic E-state index is 0.183. The molecule has 0 aliphatic carbocycles. The van der Waals surface area contributed by atoms with Crippen LogP contribution in [0.2, 0.25) is 0 Å². The fraction of sp³-hybridized carbons (Fsp3) is 0.600. The summed E-state index contributed by atoms with van der Waals surface area (Å²) in [5.74, 6) is -1.02. The van der Waals surface area contributed by atoms with E-state index in [0.29, 0.717) is 6.42 Å². The highest BCUT2D eigenvalue weighted by molar-refractivity contribution is 5.80. The van der Waals surface area contributed by atoms with Gasteiger partial charge in [0.2, 0.25) is 0 Å². The first kappa shape index (κ1) is 6.85. The second kappa shape index (κ2) is 2.55. The van der Waals surface area contributed by atoms with Gasteiger partial charge in [-0.25, -0.2) is 9.59 Å². The van der Waals surface area contributed by atoms with Crippen LogP contribution in [-0.4, -0.2) is 29.8 Å². The topological polar surface area (TPSA) is 75.6 Å². The number of cyclic esters (lactones) is 1.